The van der Waals surface area contributed by atoms with Crippen LogP contribution in [0.25, 0.3) is 0 Å². The molecule has 8 nitrogen and oxygen atoms in total. The summed E-state index contributed by atoms with van der Waals surface area (Å²) in [5.74, 6) is -1.15. The van der Waals surface area contributed by atoms with Gasteiger partial charge in [0.25, 0.3) is 5.91 Å². The van der Waals surface area contributed by atoms with Crippen molar-refractivity contribution >= 4 is 34.9 Å². The molecule has 0 saturated heterocycles. The van der Waals surface area contributed by atoms with E-state index in [9.17, 15) is 18.8 Å². The van der Waals surface area contributed by atoms with Crippen molar-refractivity contribution in [2.45, 2.75) is 20.3 Å². The van der Waals surface area contributed by atoms with Crippen molar-refractivity contribution < 1.29 is 23.2 Å². The van der Waals surface area contributed by atoms with Gasteiger partial charge in [-0.3, -0.25) is 9.59 Å². The van der Waals surface area contributed by atoms with Gasteiger partial charge in [-0.1, -0.05) is 25.1 Å². The normalized spacial score (nSPS) is 10.4. The lowest BCUT2D eigenvalue weighted by Crippen LogP contribution is -2.37. The Morgan fingerprint density at radius 3 is 2.45 bits per heavy atom. The number of furan rings is 1. The predicted molar refractivity (Wildman–Crippen MR) is 124 cm³/mol. The fourth-order valence-electron chi connectivity index (χ4n) is 3.16. The number of benzene rings is 2. The van der Waals surface area contributed by atoms with Crippen molar-refractivity contribution in [1.29, 1.82) is 0 Å². The molecule has 0 unspecified atom stereocenters. The summed E-state index contributed by atoms with van der Waals surface area (Å²) in [6, 6.07) is 12.1. The number of likely N-dealkylation sites (N-methyl/N-ethyl adjacent to an activating group) is 1. The van der Waals surface area contributed by atoms with Gasteiger partial charge in [0.15, 0.2) is 0 Å². The van der Waals surface area contributed by atoms with Crippen LogP contribution >= 0.6 is 0 Å². The lowest BCUT2D eigenvalue weighted by atomic mass is 10.1. The topological polar surface area (TPSA) is 104 Å². The third kappa shape index (κ3) is 5.97. The molecule has 0 bridgehead atoms. The van der Waals surface area contributed by atoms with Crippen LogP contribution in [0.4, 0.5) is 26.2 Å². The van der Waals surface area contributed by atoms with Crippen LogP contribution in [0.1, 0.15) is 28.6 Å². The number of anilines is 3. The van der Waals surface area contributed by atoms with E-state index in [0.29, 0.717) is 11.4 Å². The molecule has 33 heavy (non-hydrogen) atoms. The third-order valence-corrected chi connectivity index (χ3v) is 4.97. The van der Waals surface area contributed by atoms with Gasteiger partial charge in [0.05, 0.1) is 17.5 Å². The van der Waals surface area contributed by atoms with Gasteiger partial charge in [0, 0.05) is 18.4 Å². The summed E-state index contributed by atoms with van der Waals surface area (Å²) < 4.78 is 19.3. The quantitative estimate of drug-likeness (QED) is 0.486. The minimum Gasteiger partial charge on any atom is -0.469 e. The zero-order valence-corrected chi connectivity index (χ0v) is 18.6. The minimum absolute atomic E-state index is 0.102. The number of carbonyl (C=O) groups excluding carboxylic acids is 3. The van der Waals surface area contributed by atoms with Gasteiger partial charge < -0.3 is 25.3 Å². The molecule has 1 aromatic heterocycles. The first kappa shape index (κ1) is 23.5. The van der Waals surface area contributed by atoms with Crippen LogP contribution in [0.15, 0.2) is 59.2 Å². The van der Waals surface area contributed by atoms with Gasteiger partial charge in [0.2, 0.25) is 5.91 Å². The number of para-hydroxylation sites is 1. The van der Waals surface area contributed by atoms with Gasteiger partial charge in [-0.25, -0.2) is 9.18 Å². The number of aryl methyl sites for hydroxylation is 2. The number of nitrogens with one attached hydrogen (secondary N) is 3. The molecule has 172 valence electrons. The number of hydrogen-bond acceptors (Lipinski definition) is 4. The molecule has 0 fully saturated rings. The summed E-state index contributed by atoms with van der Waals surface area (Å²) in [5.41, 5.74) is 2.12. The fourth-order valence-corrected chi connectivity index (χ4v) is 3.16. The zero-order valence-electron chi connectivity index (χ0n) is 18.6. The first-order valence-corrected chi connectivity index (χ1v) is 10.3. The highest BCUT2D eigenvalue weighted by molar-refractivity contribution is 6.05. The van der Waals surface area contributed by atoms with Gasteiger partial charge in [-0.2, -0.15) is 0 Å². The van der Waals surface area contributed by atoms with E-state index in [2.05, 4.69) is 16.0 Å². The Morgan fingerprint density at radius 2 is 1.76 bits per heavy atom. The van der Waals surface area contributed by atoms with E-state index in [1.165, 1.54) is 36.4 Å². The number of nitrogens with zero attached hydrogens (tertiary/aromatic N) is 1. The first-order chi connectivity index (χ1) is 15.8. The Bertz CT molecular complexity index is 1170. The van der Waals surface area contributed by atoms with E-state index >= 15 is 0 Å². The minimum atomic E-state index is -0.662. The highest BCUT2D eigenvalue weighted by atomic mass is 19.1. The van der Waals surface area contributed by atoms with Crippen LogP contribution in [0.2, 0.25) is 0 Å². The summed E-state index contributed by atoms with van der Waals surface area (Å²) in [7, 11) is 1.47. The summed E-state index contributed by atoms with van der Waals surface area (Å²) in [6.45, 7) is 3.42. The second-order valence-corrected chi connectivity index (χ2v) is 7.38. The Balaban J connectivity index is 1.61. The van der Waals surface area contributed by atoms with Gasteiger partial charge in [-0.05, 0) is 49.2 Å². The van der Waals surface area contributed by atoms with Crippen molar-refractivity contribution in [2.75, 3.05) is 29.5 Å². The van der Waals surface area contributed by atoms with Crippen LogP contribution in [-0.4, -0.2) is 36.3 Å². The van der Waals surface area contributed by atoms with Crippen molar-refractivity contribution in [2.24, 2.45) is 0 Å². The highest BCUT2D eigenvalue weighted by Gasteiger charge is 2.17. The second-order valence-electron chi connectivity index (χ2n) is 7.38. The predicted octanol–water partition coefficient (Wildman–Crippen LogP) is 4.64. The molecular weight excluding hydrogens is 427 g/mol. The molecule has 4 amide bonds. The largest absolute Gasteiger partial charge is 0.469 e. The smallest absolute Gasteiger partial charge is 0.322 e. The molecular formula is C24H25FN4O4. The summed E-state index contributed by atoms with van der Waals surface area (Å²) in [4.78, 5) is 38.4. The summed E-state index contributed by atoms with van der Waals surface area (Å²) in [6.07, 6.45) is 2.13. The summed E-state index contributed by atoms with van der Waals surface area (Å²) >= 11 is 0. The zero-order chi connectivity index (χ0) is 24.0. The first-order valence-electron chi connectivity index (χ1n) is 10.3. The maximum atomic E-state index is 14.2. The molecule has 0 aliphatic heterocycles. The average molecular weight is 452 g/mol. The van der Waals surface area contributed by atoms with Gasteiger partial charge in [-0.15, -0.1) is 0 Å². The van der Waals surface area contributed by atoms with Gasteiger partial charge in [0.1, 0.15) is 18.1 Å². The number of rotatable bonds is 7. The van der Waals surface area contributed by atoms with Crippen molar-refractivity contribution in [3.63, 3.8) is 0 Å². The van der Waals surface area contributed by atoms with E-state index in [0.717, 1.165) is 18.1 Å². The Hall–Kier alpha value is -4.14. The van der Waals surface area contributed by atoms with E-state index in [1.807, 2.05) is 25.1 Å². The molecule has 3 aromatic rings. The van der Waals surface area contributed by atoms with Crippen LogP contribution in [0.3, 0.4) is 0 Å². The van der Waals surface area contributed by atoms with E-state index < -0.39 is 17.8 Å². The standard InChI is InChI=1S/C24H25FN4O4/c1-4-16-7-5-6-8-20(16)27-22(30)14-29(3)24(32)26-17-9-10-19(25)21(13-17)28-23(31)18-11-12-33-15(18)2/h5-13H,4,14H2,1-3H3,(H,26,32)(H,27,30)(H,28,31). The van der Waals surface area contributed by atoms with Crippen LogP contribution in [0, 0.1) is 12.7 Å². The molecule has 1 heterocycles. The SMILES string of the molecule is CCc1ccccc1NC(=O)CN(C)C(=O)Nc1ccc(F)c(NC(=O)c2ccoc2C)c1. The molecule has 0 atom stereocenters. The van der Waals surface area contributed by atoms with Crippen molar-refractivity contribution in [3.05, 3.63) is 77.5 Å². The molecule has 2 aromatic carbocycles. The monoisotopic (exact) mass is 452 g/mol. The van der Waals surface area contributed by atoms with Crippen molar-refractivity contribution in [1.82, 2.24) is 4.90 Å². The van der Waals surface area contributed by atoms with Crippen LogP contribution in [0.5, 0.6) is 0 Å². The van der Waals surface area contributed by atoms with Crippen LogP contribution < -0.4 is 16.0 Å². The lowest BCUT2D eigenvalue weighted by molar-refractivity contribution is -0.116. The lowest BCUT2D eigenvalue weighted by Gasteiger charge is -2.18. The van der Waals surface area contributed by atoms with E-state index in [-0.39, 0.29) is 29.4 Å². The number of hydrogen-bond donors (Lipinski definition) is 3. The van der Waals surface area contributed by atoms with Gasteiger partial charge >= 0.3 is 6.03 Å². The number of halogens is 1. The molecule has 0 aliphatic rings. The Labute approximate surface area is 190 Å². The maximum absolute atomic E-state index is 14.2. The highest BCUT2D eigenvalue weighted by Crippen LogP contribution is 2.22. The Morgan fingerprint density at radius 1 is 1.00 bits per heavy atom. The fraction of sp³-hybridized carbons (Fsp3) is 0.208. The second kappa shape index (κ2) is 10.4. The van der Waals surface area contributed by atoms with Crippen LogP contribution in [-0.2, 0) is 11.2 Å². The molecule has 0 aliphatic carbocycles. The molecule has 0 radical (unpaired) electrons. The Kier molecular flexibility index (Phi) is 7.45. The number of urea groups is 1. The number of carbonyl (C=O) groups is 3. The third-order valence-electron chi connectivity index (χ3n) is 4.97. The average Bonchev–Trinajstić information content (AvgIpc) is 3.22. The molecule has 9 heteroatoms. The molecule has 3 rings (SSSR count). The maximum Gasteiger partial charge on any atom is 0.322 e. The molecule has 0 spiro atoms. The molecule has 0 saturated carbocycles. The molecule has 3 N–H and O–H groups in total. The number of amides is 4. The summed E-state index contributed by atoms with van der Waals surface area (Å²) in [5, 5.41) is 7.86. The van der Waals surface area contributed by atoms with Crippen molar-refractivity contribution in [3.8, 4) is 0 Å². The van der Waals surface area contributed by atoms with E-state index in [4.69, 9.17) is 4.42 Å². The van der Waals surface area contributed by atoms with E-state index in [1.54, 1.807) is 13.0 Å².